The summed E-state index contributed by atoms with van der Waals surface area (Å²) < 4.78 is 0. The summed E-state index contributed by atoms with van der Waals surface area (Å²) in [6.45, 7) is 0. The van der Waals surface area contributed by atoms with Gasteiger partial charge in [-0.2, -0.15) is 0 Å². The van der Waals surface area contributed by atoms with Crippen LogP contribution in [0.15, 0.2) is 93.8 Å². The molecule has 29 heavy (non-hydrogen) atoms. The third-order valence-electron chi connectivity index (χ3n) is 4.99. The molecule has 0 saturated heterocycles. The zero-order valence-corrected chi connectivity index (χ0v) is 16.1. The van der Waals surface area contributed by atoms with Gasteiger partial charge in [-0.05, 0) is 40.4 Å². The Bertz CT molecular complexity index is 1610. The van der Waals surface area contributed by atoms with Crippen LogP contribution in [0.3, 0.4) is 0 Å². The van der Waals surface area contributed by atoms with Gasteiger partial charge in [0.2, 0.25) is 0 Å². The molecule has 0 aliphatic rings. The molecule has 3 aromatic heterocycles. The lowest BCUT2D eigenvalue weighted by molar-refractivity contribution is 1.34. The molecule has 0 aliphatic carbocycles. The Balaban J connectivity index is 0.000000125. The molecule has 0 fully saturated rings. The number of aromatic amines is 2. The third kappa shape index (κ3) is 3.02. The SMILES string of the molecule is O=c1[nH]c2ccccc2c2ccccc12.O=c1[nH]c2sccc2c2ccccc12. The largest absolute Gasteiger partial charge is 0.321 e. The van der Waals surface area contributed by atoms with E-state index in [1.165, 1.54) is 0 Å². The van der Waals surface area contributed by atoms with Crippen LogP contribution in [-0.2, 0) is 0 Å². The number of aromatic nitrogens is 2. The summed E-state index contributed by atoms with van der Waals surface area (Å²) in [5.74, 6) is 0. The predicted octanol–water partition coefficient (Wildman–Crippen LogP) is 5.42. The Labute approximate surface area is 169 Å². The van der Waals surface area contributed by atoms with Crippen molar-refractivity contribution in [3.05, 3.63) is 105 Å². The molecule has 4 nitrogen and oxygen atoms in total. The molecule has 0 aliphatic heterocycles. The van der Waals surface area contributed by atoms with Gasteiger partial charge in [0.1, 0.15) is 4.83 Å². The van der Waals surface area contributed by atoms with Crippen LogP contribution in [0.5, 0.6) is 0 Å². The Morgan fingerprint density at radius 3 is 1.72 bits per heavy atom. The number of nitrogens with one attached hydrogen (secondary N) is 2. The van der Waals surface area contributed by atoms with E-state index in [0.29, 0.717) is 0 Å². The first kappa shape index (κ1) is 17.4. The monoisotopic (exact) mass is 396 g/mol. The Morgan fingerprint density at radius 2 is 1.03 bits per heavy atom. The quantitative estimate of drug-likeness (QED) is 0.337. The molecule has 0 radical (unpaired) electrons. The maximum absolute atomic E-state index is 11.7. The van der Waals surface area contributed by atoms with Gasteiger partial charge in [-0.1, -0.05) is 54.6 Å². The van der Waals surface area contributed by atoms with Crippen molar-refractivity contribution in [2.24, 2.45) is 0 Å². The molecule has 6 aromatic rings. The molecule has 3 aromatic carbocycles. The van der Waals surface area contributed by atoms with Crippen molar-refractivity contribution in [1.29, 1.82) is 0 Å². The zero-order valence-electron chi connectivity index (χ0n) is 15.3. The van der Waals surface area contributed by atoms with Crippen LogP contribution in [0.1, 0.15) is 0 Å². The van der Waals surface area contributed by atoms with E-state index in [1.807, 2.05) is 84.2 Å². The van der Waals surface area contributed by atoms with Gasteiger partial charge in [0, 0.05) is 27.1 Å². The van der Waals surface area contributed by atoms with Gasteiger partial charge in [-0.3, -0.25) is 9.59 Å². The van der Waals surface area contributed by atoms with E-state index in [-0.39, 0.29) is 11.1 Å². The van der Waals surface area contributed by atoms with Crippen LogP contribution in [0.2, 0.25) is 0 Å². The van der Waals surface area contributed by atoms with Crippen LogP contribution in [0.4, 0.5) is 0 Å². The predicted molar refractivity (Wildman–Crippen MR) is 122 cm³/mol. The molecule has 0 amide bonds. The van der Waals surface area contributed by atoms with Gasteiger partial charge < -0.3 is 9.97 Å². The van der Waals surface area contributed by atoms with E-state index < -0.39 is 0 Å². The third-order valence-corrected chi connectivity index (χ3v) is 5.82. The molecule has 3 heterocycles. The van der Waals surface area contributed by atoms with E-state index in [0.717, 1.165) is 42.7 Å². The summed E-state index contributed by atoms with van der Waals surface area (Å²) in [6.07, 6.45) is 0. The Kier molecular flexibility index (Phi) is 4.22. The number of hydrogen-bond donors (Lipinski definition) is 2. The van der Waals surface area contributed by atoms with Crippen LogP contribution >= 0.6 is 11.3 Å². The molecule has 0 bridgehead atoms. The normalized spacial score (nSPS) is 11.0. The molecular formula is C24H16N2O2S. The van der Waals surface area contributed by atoms with Crippen molar-refractivity contribution < 1.29 is 0 Å². The van der Waals surface area contributed by atoms with E-state index in [9.17, 15) is 9.59 Å². The van der Waals surface area contributed by atoms with Crippen LogP contribution in [0, 0.1) is 0 Å². The minimum absolute atomic E-state index is 0.00412. The number of H-pyrrole nitrogens is 2. The summed E-state index contributed by atoms with van der Waals surface area (Å²) in [5, 5.41) is 7.77. The maximum Gasteiger partial charge on any atom is 0.256 e. The van der Waals surface area contributed by atoms with Crippen LogP contribution in [-0.4, -0.2) is 9.97 Å². The number of pyridine rings is 2. The molecule has 2 N–H and O–H groups in total. The molecule has 140 valence electrons. The lowest BCUT2D eigenvalue weighted by Crippen LogP contribution is -2.05. The van der Waals surface area contributed by atoms with Gasteiger partial charge in [0.05, 0.1) is 0 Å². The minimum atomic E-state index is -0.0238. The first-order valence-electron chi connectivity index (χ1n) is 9.20. The molecular weight excluding hydrogens is 380 g/mol. The summed E-state index contributed by atoms with van der Waals surface area (Å²) >= 11 is 1.56. The van der Waals surface area contributed by atoms with Gasteiger partial charge in [-0.15, -0.1) is 11.3 Å². The van der Waals surface area contributed by atoms with Gasteiger partial charge in [0.25, 0.3) is 11.1 Å². The minimum Gasteiger partial charge on any atom is -0.321 e. The highest BCUT2D eigenvalue weighted by Gasteiger charge is 2.04. The fraction of sp³-hybridized carbons (Fsp3) is 0. The summed E-state index contributed by atoms with van der Waals surface area (Å²) in [7, 11) is 0. The molecule has 0 saturated carbocycles. The average Bonchev–Trinajstić information content (AvgIpc) is 3.23. The standard InChI is InChI=1S/C13H9NO.C11H7NOS/c15-13-11-7-2-1-5-9(11)10-6-3-4-8-12(10)14-13;13-10-8-4-2-1-3-7(8)9-5-6-14-11(9)12-10/h1-8H,(H,14,15);1-6H,(H,12,13). The fourth-order valence-electron chi connectivity index (χ4n) is 3.64. The first-order valence-corrected chi connectivity index (χ1v) is 10.1. The number of para-hydroxylation sites is 1. The number of thiophene rings is 1. The van der Waals surface area contributed by atoms with Gasteiger partial charge in [-0.25, -0.2) is 0 Å². The van der Waals surface area contributed by atoms with Crippen molar-refractivity contribution in [3.63, 3.8) is 0 Å². The molecule has 0 spiro atoms. The average molecular weight is 396 g/mol. The second-order valence-electron chi connectivity index (χ2n) is 6.71. The lowest BCUT2D eigenvalue weighted by atomic mass is 10.1. The fourth-order valence-corrected chi connectivity index (χ4v) is 4.43. The van der Waals surface area contributed by atoms with Crippen molar-refractivity contribution in [2.75, 3.05) is 0 Å². The molecule has 0 atom stereocenters. The second-order valence-corrected chi connectivity index (χ2v) is 7.62. The summed E-state index contributed by atoms with van der Waals surface area (Å²) in [4.78, 5) is 30.1. The molecule has 6 rings (SSSR count). The highest BCUT2D eigenvalue weighted by Crippen LogP contribution is 2.24. The van der Waals surface area contributed by atoms with Crippen LogP contribution < -0.4 is 11.1 Å². The maximum atomic E-state index is 11.7. The Morgan fingerprint density at radius 1 is 0.517 bits per heavy atom. The zero-order chi connectivity index (χ0) is 19.8. The topological polar surface area (TPSA) is 65.7 Å². The smallest absolute Gasteiger partial charge is 0.256 e. The van der Waals surface area contributed by atoms with E-state index in [2.05, 4.69) is 9.97 Å². The second kappa shape index (κ2) is 7.04. The number of benzene rings is 3. The molecule has 0 unspecified atom stereocenters. The lowest BCUT2D eigenvalue weighted by Gasteiger charge is -2.02. The summed E-state index contributed by atoms with van der Waals surface area (Å²) in [6, 6.07) is 25.2. The van der Waals surface area contributed by atoms with Crippen molar-refractivity contribution >= 4 is 54.0 Å². The number of hydrogen-bond acceptors (Lipinski definition) is 3. The van der Waals surface area contributed by atoms with Crippen molar-refractivity contribution in [3.8, 4) is 0 Å². The number of fused-ring (bicyclic) bond motifs is 6. The number of rotatable bonds is 0. The van der Waals surface area contributed by atoms with Crippen molar-refractivity contribution in [2.45, 2.75) is 0 Å². The van der Waals surface area contributed by atoms with E-state index >= 15 is 0 Å². The first-order chi connectivity index (χ1) is 14.2. The van der Waals surface area contributed by atoms with E-state index in [1.54, 1.807) is 11.3 Å². The Hall–Kier alpha value is -3.70. The highest BCUT2D eigenvalue weighted by atomic mass is 32.1. The molecule has 5 heteroatoms. The highest BCUT2D eigenvalue weighted by molar-refractivity contribution is 7.16. The van der Waals surface area contributed by atoms with E-state index in [4.69, 9.17) is 0 Å². The summed E-state index contributed by atoms with van der Waals surface area (Å²) in [5.41, 5.74) is 0.862. The van der Waals surface area contributed by atoms with Crippen molar-refractivity contribution in [1.82, 2.24) is 9.97 Å². The van der Waals surface area contributed by atoms with Crippen LogP contribution in [0.25, 0.3) is 42.7 Å². The van der Waals surface area contributed by atoms with Gasteiger partial charge >= 0.3 is 0 Å². The van der Waals surface area contributed by atoms with Gasteiger partial charge in [0.15, 0.2) is 0 Å².